The van der Waals surface area contributed by atoms with Gasteiger partial charge in [0, 0.05) is 26.1 Å². The average molecular weight is 182 g/mol. The molecule has 0 radical (unpaired) electrons. The first kappa shape index (κ1) is 9.00. The molecule has 0 amide bonds. The summed E-state index contributed by atoms with van der Waals surface area (Å²) in [5, 5.41) is 3.39. The largest absolute Gasteiger partial charge is 0.373 e. The lowest BCUT2D eigenvalue weighted by Crippen LogP contribution is -2.39. The van der Waals surface area contributed by atoms with Gasteiger partial charge in [-0.25, -0.2) is 0 Å². The van der Waals surface area contributed by atoms with Crippen LogP contribution in [0.3, 0.4) is 0 Å². The van der Waals surface area contributed by atoms with Gasteiger partial charge >= 0.3 is 0 Å². The van der Waals surface area contributed by atoms with Crippen LogP contribution in [0.2, 0.25) is 0 Å². The normalized spacial score (nSPS) is 33.5. The van der Waals surface area contributed by atoms with Gasteiger partial charge in [-0.3, -0.25) is 4.99 Å². The van der Waals surface area contributed by atoms with E-state index in [0.29, 0.717) is 0 Å². The summed E-state index contributed by atoms with van der Waals surface area (Å²) >= 11 is 0. The Morgan fingerprint density at radius 3 is 3.08 bits per heavy atom. The molecule has 1 unspecified atom stereocenters. The predicted octanol–water partition coefficient (Wildman–Crippen LogP) is 1.34. The van der Waals surface area contributed by atoms with E-state index in [-0.39, 0.29) is 5.60 Å². The van der Waals surface area contributed by atoms with E-state index in [9.17, 15) is 0 Å². The van der Waals surface area contributed by atoms with E-state index in [0.717, 1.165) is 26.1 Å². The van der Waals surface area contributed by atoms with Crippen molar-refractivity contribution in [3.8, 4) is 0 Å². The zero-order valence-corrected chi connectivity index (χ0v) is 8.31. The van der Waals surface area contributed by atoms with Crippen LogP contribution >= 0.6 is 0 Å². The Kier molecular flexibility index (Phi) is 2.54. The van der Waals surface area contributed by atoms with E-state index in [1.165, 1.54) is 25.1 Å². The van der Waals surface area contributed by atoms with E-state index < -0.39 is 0 Å². The molecule has 0 aromatic heterocycles. The molecule has 2 heterocycles. The molecular weight excluding hydrogens is 164 g/mol. The summed E-state index contributed by atoms with van der Waals surface area (Å²) in [7, 11) is 0. The summed E-state index contributed by atoms with van der Waals surface area (Å²) in [5.41, 5.74) is 0.0606. The average Bonchev–Trinajstić information content (AvgIpc) is 2.72. The first-order chi connectivity index (χ1) is 6.29. The highest BCUT2D eigenvalue weighted by atomic mass is 16.5. The van der Waals surface area contributed by atoms with Crippen LogP contribution in [0.15, 0.2) is 4.99 Å². The zero-order chi connectivity index (χ0) is 9.15. The van der Waals surface area contributed by atoms with E-state index in [4.69, 9.17) is 4.74 Å². The lowest BCUT2D eigenvalue weighted by atomic mass is 10.0. The maximum absolute atomic E-state index is 5.68. The molecule has 0 saturated carbocycles. The van der Waals surface area contributed by atoms with Crippen LogP contribution in [0.1, 0.15) is 32.6 Å². The smallest absolute Gasteiger partial charge is 0.0964 e. The van der Waals surface area contributed by atoms with Gasteiger partial charge in [0.25, 0.3) is 0 Å². The van der Waals surface area contributed by atoms with Gasteiger partial charge < -0.3 is 10.1 Å². The fraction of sp³-hybridized carbons (Fsp3) is 0.900. The third-order valence-electron chi connectivity index (χ3n) is 2.84. The van der Waals surface area contributed by atoms with Crippen molar-refractivity contribution in [2.24, 2.45) is 4.99 Å². The highest BCUT2D eigenvalue weighted by Crippen LogP contribution is 2.24. The van der Waals surface area contributed by atoms with Crippen LogP contribution < -0.4 is 5.32 Å². The number of nitrogens with one attached hydrogen (secondary N) is 1. The molecule has 2 aliphatic heterocycles. The maximum atomic E-state index is 5.68. The molecule has 2 aliphatic rings. The minimum absolute atomic E-state index is 0.0606. The monoisotopic (exact) mass is 182 g/mol. The SMILES string of the molecule is CC1(CNC2=NCCC2)CCCO1. The van der Waals surface area contributed by atoms with Crippen LogP contribution in [0.4, 0.5) is 0 Å². The highest BCUT2D eigenvalue weighted by molar-refractivity contribution is 5.83. The third-order valence-corrected chi connectivity index (χ3v) is 2.84. The molecule has 2 rings (SSSR count). The van der Waals surface area contributed by atoms with Gasteiger partial charge in [-0.1, -0.05) is 0 Å². The van der Waals surface area contributed by atoms with Crippen molar-refractivity contribution < 1.29 is 4.74 Å². The quantitative estimate of drug-likeness (QED) is 0.699. The second-order valence-electron chi connectivity index (χ2n) is 4.19. The number of nitrogens with zero attached hydrogens (tertiary/aromatic N) is 1. The molecule has 1 atom stereocenters. The Morgan fingerprint density at radius 1 is 1.54 bits per heavy atom. The van der Waals surface area contributed by atoms with Crippen LogP contribution in [-0.4, -0.2) is 31.1 Å². The van der Waals surface area contributed by atoms with Crippen LogP contribution in [0.25, 0.3) is 0 Å². The lowest BCUT2D eigenvalue weighted by molar-refractivity contribution is 0.0244. The Labute approximate surface area is 79.6 Å². The molecule has 0 aliphatic carbocycles. The molecule has 1 saturated heterocycles. The fourth-order valence-corrected chi connectivity index (χ4v) is 1.95. The van der Waals surface area contributed by atoms with Gasteiger partial charge in [0.2, 0.25) is 0 Å². The molecule has 3 nitrogen and oxygen atoms in total. The van der Waals surface area contributed by atoms with Crippen molar-refractivity contribution in [3.05, 3.63) is 0 Å². The van der Waals surface area contributed by atoms with Gasteiger partial charge in [0.15, 0.2) is 0 Å². The number of amidine groups is 1. The Bertz CT molecular complexity index is 207. The minimum atomic E-state index is 0.0606. The predicted molar refractivity (Wildman–Crippen MR) is 53.1 cm³/mol. The summed E-state index contributed by atoms with van der Waals surface area (Å²) in [6, 6.07) is 0. The molecule has 3 heteroatoms. The number of aliphatic imine (C=N–C) groups is 1. The first-order valence-corrected chi connectivity index (χ1v) is 5.20. The lowest BCUT2D eigenvalue weighted by Gasteiger charge is -2.23. The van der Waals surface area contributed by atoms with Gasteiger partial charge in [0.05, 0.1) is 11.4 Å². The van der Waals surface area contributed by atoms with Gasteiger partial charge in [0.1, 0.15) is 0 Å². The number of ether oxygens (including phenoxy) is 1. The first-order valence-electron chi connectivity index (χ1n) is 5.20. The Balaban J connectivity index is 1.77. The van der Waals surface area contributed by atoms with Crippen molar-refractivity contribution in [1.29, 1.82) is 0 Å². The summed E-state index contributed by atoms with van der Waals surface area (Å²) < 4.78 is 5.68. The number of hydrogen-bond acceptors (Lipinski definition) is 3. The van der Waals surface area contributed by atoms with Crippen LogP contribution in [0, 0.1) is 0 Å². The van der Waals surface area contributed by atoms with Gasteiger partial charge in [-0.2, -0.15) is 0 Å². The number of hydrogen-bond donors (Lipinski definition) is 1. The molecule has 1 N–H and O–H groups in total. The zero-order valence-electron chi connectivity index (χ0n) is 8.31. The van der Waals surface area contributed by atoms with Crippen molar-refractivity contribution >= 4 is 5.84 Å². The van der Waals surface area contributed by atoms with Gasteiger partial charge in [-0.05, 0) is 26.2 Å². The third kappa shape index (κ3) is 2.21. The minimum Gasteiger partial charge on any atom is -0.373 e. The van der Waals surface area contributed by atoms with Crippen molar-refractivity contribution in [2.75, 3.05) is 19.7 Å². The van der Waals surface area contributed by atoms with Crippen molar-refractivity contribution in [3.63, 3.8) is 0 Å². The molecule has 13 heavy (non-hydrogen) atoms. The molecule has 0 bridgehead atoms. The molecule has 0 aromatic carbocycles. The Morgan fingerprint density at radius 2 is 2.46 bits per heavy atom. The maximum Gasteiger partial charge on any atom is 0.0964 e. The second-order valence-corrected chi connectivity index (χ2v) is 4.19. The van der Waals surface area contributed by atoms with Gasteiger partial charge in [-0.15, -0.1) is 0 Å². The fourth-order valence-electron chi connectivity index (χ4n) is 1.95. The molecule has 0 aromatic rings. The highest BCUT2D eigenvalue weighted by Gasteiger charge is 2.29. The van der Waals surface area contributed by atoms with E-state index in [1.807, 2.05) is 0 Å². The second kappa shape index (κ2) is 3.66. The Hall–Kier alpha value is -0.570. The topological polar surface area (TPSA) is 33.6 Å². The summed E-state index contributed by atoms with van der Waals surface area (Å²) in [6.45, 7) is 5.03. The van der Waals surface area contributed by atoms with Crippen molar-refractivity contribution in [2.45, 2.75) is 38.2 Å². The standard InChI is InChI=1S/C10H18N2O/c1-10(5-3-7-13-10)8-12-9-4-2-6-11-9/h2-8H2,1H3,(H,11,12). The summed E-state index contributed by atoms with van der Waals surface area (Å²) in [4.78, 5) is 4.38. The van der Waals surface area contributed by atoms with E-state index in [2.05, 4.69) is 17.2 Å². The summed E-state index contributed by atoms with van der Waals surface area (Å²) in [6.07, 6.45) is 4.70. The van der Waals surface area contributed by atoms with Crippen LogP contribution in [-0.2, 0) is 4.74 Å². The number of rotatable bonds is 2. The molecule has 1 fully saturated rings. The van der Waals surface area contributed by atoms with E-state index in [1.54, 1.807) is 0 Å². The molecular formula is C10H18N2O. The van der Waals surface area contributed by atoms with Crippen LogP contribution in [0.5, 0.6) is 0 Å². The molecule has 0 spiro atoms. The molecule has 74 valence electrons. The summed E-state index contributed by atoms with van der Waals surface area (Å²) in [5.74, 6) is 1.18. The van der Waals surface area contributed by atoms with E-state index >= 15 is 0 Å². The van der Waals surface area contributed by atoms with Crippen molar-refractivity contribution in [1.82, 2.24) is 5.32 Å².